The van der Waals surface area contributed by atoms with Gasteiger partial charge in [-0.05, 0) is 25.2 Å². The number of carbonyl (C=O) groups excluding carboxylic acids is 1. The highest BCUT2D eigenvalue weighted by Gasteiger charge is 2.19. The van der Waals surface area contributed by atoms with Crippen LogP contribution >= 0.6 is 0 Å². The number of rotatable bonds is 8. The van der Waals surface area contributed by atoms with Crippen LogP contribution in [0.25, 0.3) is 0 Å². The first-order valence-corrected chi connectivity index (χ1v) is 9.09. The quantitative estimate of drug-likeness (QED) is 0.562. The fourth-order valence-electron chi connectivity index (χ4n) is 1.99. The number of nitrogens with one attached hydrogen (secondary N) is 2. The molecule has 21 heavy (non-hydrogen) atoms. The molecule has 4 N–H and O–H groups in total. The number of sulfonamides is 1. The Hall–Kier alpha value is -0.700. The molecule has 1 rings (SSSR count). The van der Waals surface area contributed by atoms with Crippen molar-refractivity contribution in [2.24, 2.45) is 11.7 Å². The minimum atomic E-state index is -3.41. The molecule has 1 unspecified atom stereocenters. The van der Waals surface area contributed by atoms with E-state index < -0.39 is 16.1 Å². The largest absolute Gasteiger partial charge is 0.377 e. The summed E-state index contributed by atoms with van der Waals surface area (Å²) in [6.45, 7) is 4.72. The molecule has 1 fully saturated rings. The zero-order valence-corrected chi connectivity index (χ0v) is 13.6. The molecule has 2 atom stereocenters. The van der Waals surface area contributed by atoms with Gasteiger partial charge in [-0.15, -0.1) is 0 Å². The lowest BCUT2D eigenvalue weighted by Crippen LogP contribution is -2.46. The fraction of sp³-hybridized carbons (Fsp3) is 0.923. The van der Waals surface area contributed by atoms with Gasteiger partial charge in [0.15, 0.2) is 0 Å². The molecule has 124 valence electrons. The van der Waals surface area contributed by atoms with Crippen molar-refractivity contribution in [1.29, 1.82) is 0 Å². The molecule has 1 aliphatic heterocycles. The van der Waals surface area contributed by atoms with Gasteiger partial charge in [-0.1, -0.05) is 13.8 Å². The van der Waals surface area contributed by atoms with E-state index in [4.69, 9.17) is 10.5 Å². The van der Waals surface area contributed by atoms with Crippen LogP contribution in [0.3, 0.4) is 0 Å². The molecule has 1 heterocycles. The molecule has 0 spiro atoms. The minimum Gasteiger partial charge on any atom is -0.377 e. The zero-order chi connectivity index (χ0) is 15.9. The van der Waals surface area contributed by atoms with E-state index in [0.29, 0.717) is 13.2 Å². The maximum absolute atomic E-state index is 11.8. The van der Waals surface area contributed by atoms with Crippen LogP contribution < -0.4 is 15.8 Å². The van der Waals surface area contributed by atoms with Gasteiger partial charge in [0.1, 0.15) is 0 Å². The molecule has 1 aliphatic rings. The van der Waals surface area contributed by atoms with Crippen LogP contribution in [0.4, 0.5) is 0 Å². The Kier molecular flexibility index (Phi) is 7.58. The molecule has 1 amide bonds. The number of ether oxygens (including phenoxy) is 1. The number of hydrogen-bond acceptors (Lipinski definition) is 5. The summed E-state index contributed by atoms with van der Waals surface area (Å²) >= 11 is 0. The molecule has 0 radical (unpaired) electrons. The maximum atomic E-state index is 11.8. The molecule has 7 nitrogen and oxygen atoms in total. The Morgan fingerprint density at radius 2 is 2.10 bits per heavy atom. The second-order valence-electron chi connectivity index (χ2n) is 5.72. The van der Waals surface area contributed by atoms with Gasteiger partial charge >= 0.3 is 0 Å². The van der Waals surface area contributed by atoms with E-state index in [1.165, 1.54) is 0 Å². The van der Waals surface area contributed by atoms with Gasteiger partial charge in [0.2, 0.25) is 15.9 Å². The van der Waals surface area contributed by atoms with Crippen molar-refractivity contribution >= 4 is 15.9 Å². The van der Waals surface area contributed by atoms with E-state index in [9.17, 15) is 13.2 Å². The van der Waals surface area contributed by atoms with Crippen LogP contribution in [0.1, 0.15) is 33.1 Å². The molecule has 0 aliphatic carbocycles. The molecule has 0 saturated carbocycles. The number of amides is 1. The Morgan fingerprint density at radius 1 is 1.38 bits per heavy atom. The third-order valence-electron chi connectivity index (χ3n) is 3.50. The van der Waals surface area contributed by atoms with Gasteiger partial charge < -0.3 is 15.8 Å². The van der Waals surface area contributed by atoms with Gasteiger partial charge in [0.25, 0.3) is 0 Å². The predicted octanol–water partition coefficient (Wildman–Crippen LogP) is -0.426. The van der Waals surface area contributed by atoms with Crippen LogP contribution in [0.2, 0.25) is 0 Å². The van der Waals surface area contributed by atoms with Crippen LogP contribution in [0, 0.1) is 5.92 Å². The number of carbonyl (C=O) groups is 1. The normalized spacial score (nSPS) is 21.2. The lowest BCUT2D eigenvalue weighted by molar-refractivity contribution is -0.123. The Balaban J connectivity index is 2.24. The lowest BCUT2D eigenvalue weighted by atomic mass is 10.1. The van der Waals surface area contributed by atoms with Gasteiger partial charge in [-0.2, -0.15) is 0 Å². The summed E-state index contributed by atoms with van der Waals surface area (Å²) in [5.74, 6) is -0.463. The van der Waals surface area contributed by atoms with E-state index in [-0.39, 0.29) is 30.2 Å². The summed E-state index contributed by atoms with van der Waals surface area (Å²) in [4.78, 5) is 11.6. The minimum absolute atomic E-state index is 0.0168. The highest BCUT2D eigenvalue weighted by molar-refractivity contribution is 7.89. The van der Waals surface area contributed by atoms with E-state index in [2.05, 4.69) is 10.0 Å². The summed E-state index contributed by atoms with van der Waals surface area (Å²) in [6.07, 6.45) is 2.93. The topological polar surface area (TPSA) is 111 Å². The summed E-state index contributed by atoms with van der Waals surface area (Å²) < 4.78 is 31.6. The van der Waals surface area contributed by atoms with Gasteiger partial charge in [-0.3, -0.25) is 4.79 Å². The van der Waals surface area contributed by atoms with Crippen molar-refractivity contribution in [3.8, 4) is 0 Å². The molecule has 0 aromatic rings. The Bertz CT molecular complexity index is 419. The van der Waals surface area contributed by atoms with E-state index in [1.54, 1.807) is 0 Å². The van der Waals surface area contributed by atoms with Crippen molar-refractivity contribution in [3.05, 3.63) is 0 Å². The first-order chi connectivity index (χ1) is 9.82. The predicted molar refractivity (Wildman–Crippen MR) is 81.2 cm³/mol. The summed E-state index contributed by atoms with van der Waals surface area (Å²) in [5, 5.41) is 2.54. The van der Waals surface area contributed by atoms with Gasteiger partial charge in [-0.25, -0.2) is 13.1 Å². The van der Waals surface area contributed by atoms with E-state index in [0.717, 1.165) is 19.3 Å². The average molecular weight is 321 g/mol. The fourth-order valence-corrected chi connectivity index (χ4v) is 2.94. The SMILES string of the molecule is CC(C)[C@H](N)C(=O)NCCS(=O)(=O)NCC1CCCCO1. The Labute approximate surface area is 127 Å². The molecular weight excluding hydrogens is 294 g/mol. The third kappa shape index (κ3) is 7.21. The molecule has 1 saturated heterocycles. The van der Waals surface area contributed by atoms with E-state index >= 15 is 0 Å². The Morgan fingerprint density at radius 3 is 2.67 bits per heavy atom. The highest BCUT2D eigenvalue weighted by atomic mass is 32.2. The number of nitrogens with two attached hydrogens (primary N) is 1. The second-order valence-corrected chi connectivity index (χ2v) is 7.64. The number of hydrogen-bond donors (Lipinski definition) is 3. The summed E-state index contributed by atoms with van der Waals surface area (Å²) in [5.41, 5.74) is 5.67. The van der Waals surface area contributed by atoms with Crippen LogP contribution in [0.15, 0.2) is 0 Å². The molecule has 8 heteroatoms. The molecule has 0 bridgehead atoms. The van der Waals surface area contributed by atoms with Crippen LogP contribution in [-0.4, -0.2) is 51.9 Å². The summed E-state index contributed by atoms with van der Waals surface area (Å²) in [6, 6.07) is -0.615. The maximum Gasteiger partial charge on any atom is 0.237 e. The van der Waals surface area contributed by atoms with Crippen LogP contribution in [-0.2, 0) is 19.6 Å². The third-order valence-corrected chi connectivity index (χ3v) is 4.84. The van der Waals surface area contributed by atoms with Crippen molar-refractivity contribution in [3.63, 3.8) is 0 Å². The molecule has 0 aromatic carbocycles. The first kappa shape index (κ1) is 18.3. The van der Waals surface area contributed by atoms with E-state index in [1.807, 2.05) is 13.8 Å². The van der Waals surface area contributed by atoms with Crippen molar-refractivity contribution in [2.45, 2.75) is 45.3 Å². The smallest absolute Gasteiger partial charge is 0.237 e. The molecular formula is C13H27N3O4S. The highest BCUT2D eigenvalue weighted by Crippen LogP contribution is 2.11. The average Bonchev–Trinajstić information content (AvgIpc) is 2.45. The molecule has 0 aromatic heterocycles. The van der Waals surface area contributed by atoms with Crippen molar-refractivity contribution < 1.29 is 17.9 Å². The van der Waals surface area contributed by atoms with Crippen molar-refractivity contribution in [1.82, 2.24) is 10.0 Å². The first-order valence-electron chi connectivity index (χ1n) is 7.44. The standard InChI is InChI=1S/C13H27N3O4S/c1-10(2)12(14)13(17)15-6-8-21(18,19)16-9-11-5-3-4-7-20-11/h10-12,16H,3-9,14H2,1-2H3,(H,15,17)/t11?,12-/m0/s1. The monoisotopic (exact) mass is 321 g/mol. The lowest BCUT2D eigenvalue weighted by Gasteiger charge is -2.22. The zero-order valence-electron chi connectivity index (χ0n) is 12.8. The van der Waals surface area contributed by atoms with Crippen LogP contribution in [0.5, 0.6) is 0 Å². The second kappa shape index (κ2) is 8.67. The van der Waals surface area contributed by atoms with Crippen molar-refractivity contribution in [2.75, 3.05) is 25.4 Å². The van der Waals surface area contributed by atoms with Gasteiger partial charge in [0, 0.05) is 19.7 Å². The summed E-state index contributed by atoms with van der Waals surface area (Å²) in [7, 11) is -3.41. The van der Waals surface area contributed by atoms with Gasteiger partial charge in [0.05, 0.1) is 17.9 Å².